The van der Waals surface area contributed by atoms with E-state index >= 15 is 0 Å². The largest absolute Gasteiger partial charge is 0.490 e. The van der Waals surface area contributed by atoms with E-state index in [0.29, 0.717) is 16.5 Å². The zero-order chi connectivity index (χ0) is 13.7. The quantitative estimate of drug-likeness (QED) is 0.853. The molecule has 0 spiro atoms. The Labute approximate surface area is 116 Å². The van der Waals surface area contributed by atoms with Crippen LogP contribution in [0.2, 0.25) is 5.02 Å². The van der Waals surface area contributed by atoms with Crippen molar-refractivity contribution in [2.24, 2.45) is 0 Å². The van der Waals surface area contributed by atoms with E-state index in [2.05, 4.69) is 0 Å². The van der Waals surface area contributed by atoms with Crippen molar-refractivity contribution < 1.29 is 19.7 Å². The highest BCUT2D eigenvalue weighted by atomic mass is 35.5. The molecule has 0 amide bonds. The molecule has 0 heterocycles. The normalized spacial score (nSPS) is 10.7. The number of halogens is 1. The molecule has 0 saturated heterocycles. The molecule has 0 fully saturated rings. The molecular weight excluding hydrogens is 268 g/mol. The summed E-state index contributed by atoms with van der Waals surface area (Å²) < 4.78 is 10.9. The summed E-state index contributed by atoms with van der Waals surface area (Å²) in [7, 11) is 0. The molecule has 0 aliphatic carbocycles. The number of hydrogen-bond acceptors (Lipinski definition) is 4. The van der Waals surface area contributed by atoms with E-state index < -0.39 is 0 Å². The van der Waals surface area contributed by atoms with Crippen LogP contribution in [0.15, 0.2) is 30.3 Å². The zero-order valence-corrected chi connectivity index (χ0v) is 11.1. The molecule has 2 rings (SSSR count). The van der Waals surface area contributed by atoms with Gasteiger partial charge in [0.1, 0.15) is 24.7 Å². The molecule has 0 bridgehead atoms. The SMILES string of the molecule is OCCOc1cc(Cl)c(OCCO)c2ccccc12. The predicted molar refractivity (Wildman–Crippen MR) is 74.1 cm³/mol. The number of aliphatic hydroxyl groups excluding tert-OH is 2. The summed E-state index contributed by atoms with van der Waals surface area (Å²) in [6.45, 7) is 0.250. The van der Waals surface area contributed by atoms with Gasteiger partial charge in [0.15, 0.2) is 0 Å². The molecule has 2 aromatic rings. The lowest BCUT2D eigenvalue weighted by atomic mass is 10.1. The molecule has 2 N–H and O–H groups in total. The lowest BCUT2D eigenvalue weighted by molar-refractivity contribution is 0.200. The van der Waals surface area contributed by atoms with Crippen LogP contribution in [0.3, 0.4) is 0 Å². The van der Waals surface area contributed by atoms with Gasteiger partial charge in [-0.25, -0.2) is 0 Å². The summed E-state index contributed by atoms with van der Waals surface area (Å²) in [6.07, 6.45) is 0. The van der Waals surface area contributed by atoms with Crippen LogP contribution in [-0.2, 0) is 0 Å². The Balaban J connectivity index is 2.49. The summed E-state index contributed by atoms with van der Waals surface area (Å²) in [5, 5.41) is 19.8. The van der Waals surface area contributed by atoms with Crippen molar-refractivity contribution in [3.8, 4) is 11.5 Å². The molecule has 102 valence electrons. The number of fused-ring (bicyclic) bond motifs is 1. The van der Waals surface area contributed by atoms with Crippen LogP contribution in [0.5, 0.6) is 11.5 Å². The Kier molecular flexibility index (Phi) is 4.85. The lowest BCUT2D eigenvalue weighted by Crippen LogP contribution is -2.05. The summed E-state index contributed by atoms with van der Waals surface area (Å²) >= 11 is 6.17. The van der Waals surface area contributed by atoms with Gasteiger partial charge in [0, 0.05) is 16.8 Å². The van der Waals surface area contributed by atoms with Gasteiger partial charge in [0.25, 0.3) is 0 Å². The first-order valence-electron chi connectivity index (χ1n) is 5.96. The maximum atomic E-state index is 8.84. The molecular formula is C14H15ClO4. The minimum Gasteiger partial charge on any atom is -0.490 e. The third kappa shape index (κ3) is 3.10. The van der Waals surface area contributed by atoms with Gasteiger partial charge in [-0.1, -0.05) is 35.9 Å². The first-order valence-corrected chi connectivity index (χ1v) is 6.34. The zero-order valence-electron chi connectivity index (χ0n) is 10.3. The van der Waals surface area contributed by atoms with Crippen molar-refractivity contribution in [3.63, 3.8) is 0 Å². The highest BCUT2D eigenvalue weighted by molar-refractivity contribution is 6.33. The van der Waals surface area contributed by atoms with Crippen LogP contribution in [0.25, 0.3) is 10.8 Å². The number of benzene rings is 2. The third-order valence-corrected chi connectivity index (χ3v) is 2.88. The van der Waals surface area contributed by atoms with Crippen LogP contribution >= 0.6 is 11.6 Å². The maximum Gasteiger partial charge on any atom is 0.146 e. The van der Waals surface area contributed by atoms with Gasteiger partial charge >= 0.3 is 0 Å². The topological polar surface area (TPSA) is 58.9 Å². The minimum absolute atomic E-state index is 0.0608. The van der Waals surface area contributed by atoms with Gasteiger partial charge in [0.05, 0.1) is 18.2 Å². The first-order chi connectivity index (χ1) is 9.27. The second-order valence-electron chi connectivity index (χ2n) is 3.88. The molecule has 0 aliphatic rings. The molecule has 0 unspecified atom stereocenters. The number of ether oxygens (including phenoxy) is 2. The Morgan fingerprint density at radius 1 is 0.947 bits per heavy atom. The lowest BCUT2D eigenvalue weighted by Gasteiger charge is -2.14. The number of rotatable bonds is 6. The standard InChI is InChI=1S/C14H15ClO4/c15-12-9-13(18-7-5-16)10-3-1-2-4-11(10)14(12)19-8-6-17/h1-4,9,16-17H,5-8H2. The Morgan fingerprint density at radius 2 is 1.58 bits per heavy atom. The van der Waals surface area contributed by atoms with Crippen LogP contribution < -0.4 is 9.47 Å². The second-order valence-corrected chi connectivity index (χ2v) is 4.28. The van der Waals surface area contributed by atoms with Gasteiger partial charge in [-0.3, -0.25) is 0 Å². The summed E-state index contributed by atoms with van der Waals surface area (Å²) in [4.78, 5) is 0. The molecule has 0 saturated carbocycles. The van der Waals surface area contributed by atoms with Crippen LogP contribution in [-0.4, -0.2) is 36.6 Å². The molecule has 0 radical (unpaired) electrons. The van der Waals surface area contributed by atoms with Gasteiger partial charge < -0.3 is 19.7 Å². The number of aliphatic hydroxyl groups is 2. The van der Waals surface area contributed by atoms with Gasteiger partial charge in [-0.05, 0) is 0 Å². The molecule has 19 heavy (non-hydrogen) atoms. The number of hydrogen-bond donors (Lipinski definition) is 2. The maximum absolute atomic E-state index is 8.84. The van der Waals surface area contributed by atoms with E-state index in [4.69, 9.17) is 31.3 Å². The Morgan fingerprint density at radius 3 is 2.26 bits per heavy atom. The highest BCUT2D eigenvalue weighted by Gasteiger charge is 2.12. The van der Waals surface area contributed by atoms with Crippen LogP contribution in [0.4, 0.5) is 0 Å². The van der Waals surface area contributed by atoms with E-state index in [0.717, 1.165) is 10.8 Å². The van der Waals surface area contributed by atoms with Gasteiger partial charge in [-0.15, -0.1) is 0 Å². The van der Waals surface area contributed by atoms with Crippen molar-refractivity contribution in [2.75, 3.05) is 26.4 Å². The van der Waals surface area contributed by atoms with E-state index in [1.54, 1.807) is 6.07 Å². The van der Waals surface area contributed by atoms with E-state index in [-0.39, 0.29) is 26.4 Å². The second kappa shape index (κ2) is 6.61. The fourth-order valence-corrected chi connectivity index (χ4v) is 2.11. The smallest absolute Gasteiger partial charge is 0.146 e. The molecule has 2 aromatic carbocycles. The van der Waals surface area contributed by atoms with Crippen molar-refractivity contribution >= 4 is 22.4 Å². The molecule has 5 heteroatoms. The molecule has 0 atom stereocenters. The fourth-order valence-electron chi connectivity index (χ4n) is 1.85. The first kappa shape index (κ1) is 13.9. The highest BCUT2D eigenvalue weighted by Crippen LogP contribution is 2.39. The van der Waals surface area contributed by atoms with E-state index in [1.807, 2.05) is 24.3 Å². The van der Waals surface area contributed by atoms with Crippen molar-refractivity contribution in [1.29, 1.82) is 0 Å². The summed E-state index contributed by atoms with van der Waals surface area (Å²) in [5.41, 5.74) is 0. The molecule has 0 aromatic heterocycles. The van der Waals surface area contributed by atoms with Crippen molar-refractivity contribution in [3.05, 3.63) is 35.4 Å². The third-order valence-electron chi connectivity index (χ3n) is 2.60. The Bertz CT molecular complexity index is 556. The van der Waals surface area contributed by atoms with Crippen LogP contribution in [0.1, 0.15) is 0 Å². The Hall–Kier alpha value is -1.49. The monoisotopic (exact) mass is 282 g/mol. The average molecular weight is 283 g/mol. The summed E-state index contributed by atoms with van der Waals surface area (Å²) in [6, 6.07) is 9.19. The fraction of sp³-hybridized carbons (Fsp3) is 0.286. The van der Waals surface area contributed by atoms with Gasteiger partial charge in [-0.2, -0.15) is 0 Å². The van der Waals surface area contributed by atoms with Crippen molar-refractivity contribution in [1.82, 2.24) is 0 Å². The minimum atomic E-state index is -0.0760. The predicted octanol–water partition coefficient (Wildman–Crippen LogP) is 2.24. The van der Waals surface area contributed by atoms with E-state index in [1.165, 1.54) is 0 Å². The van der Waals surface area contributed by atoms with Crippen LogP contribution in [0, 0.1) is 0 Å². The van der Waals surface area contributed by atoms with Crippen molar-refractivity contribution in [2.45, 2.75) is 0 Å². The molecule has 4 nitrogen and oxygen atoms in total. The molecule has 0 aliphatic heterocycles. The van der Waals surface area contributed by atoms with E-state index in [9.17, 15) is 0 Å². The average Bonchev–Trinajstić information content (AvgIpc) is 2.44. The summed E-state index contributed by atoms with van der Waals surface area (Å²) in [5.74, 6) is 1.13. The van der Waals surface area contributed by atoms with Gasteiger partial charge in [0.2, 0.25) is 0 Å².